The number of hydrogen-bond acceptors (Lipinski definition) is 3. The van der Waals surface area contributed by atoms with Crippen LogP contribution in [0.1, 0.15) is 11.1 Å². The van der Waals surface area contributed by atoms with Crippen LogP contribution >= 0.6 is 0 Å². The molecule has 6 heteroatoms. The van der Waals surface area contributed by atoms with E-state index in [0.29, 0.717) is 27.8 Å². The van der Waals surface area contributed by atoms with E-state index in [-0.39, 0.29) is 17.1 Å². The summed E-state index contributed by atoms with van der Waals surface area (Å²) >= 11 is -2.36. The summed E-state index contributed by atoms with van der Waals surface area (Å²) in [6, 6.07) is 11.0. The van der Waals surface area contributed by atoms with Gasteiger partial charge in [-0.05, 0) is 52.9 Å². The number of hydrogen-bond donors (Lipinski definition) is 0. The standard InChI is InChI=1S/C19H15F2NO2S/c1-12-2-3-13(8-18(12)20)16-6-7-22-10-17(16)14-4-5-15(11-25(23)24)19(21)9-14/h2-10H,11H2,1H3,(H,23,24)/p-1. The van der Waals surface area contributed by atoms with Gasteiger partial charge >= 0.3 is 0 Å². The minimum Gasteiger partial charge on any atom is -0.772 e. The summed E-state index contributed by atoms with van der Waals surface area (Å²) in [5, 5.41) is 0. The molecule has 0 spiro atoms. The normalized spacial score (nSPS) is 12.2. The Morgan fingerprint density at radius 1 is 1.00 bits per heavy atom. The molecule has 1 aromatic heterocycles. The summed E-state index contributed by atoms with van der Waals surface area (Å²) in [5.41, 5.74) is 3.20. The molecule has 0 fully saturated rings. The Kier molecular flexibility index (Phi) is 5.01. The first kappa shape index (κ1) is 17.4. The van der Waals surface area contributed by atoms with Gasteiger partial charge in [0.25, 0.3) is 0 Å². The summed E-state index contributed by atoms with van der Waals surface area (Å²) in [6.45, 7) is 1.68. The summed E-state index contributed by atoms with van der Waals surface area (Å²) < 4.78 is 49.6. The van der Waals surface area contributed by atoms with E-state index in [1.54, 1.807) is 43.6 Å². The van der Waals surface area contributed by atoms with Crippen LogP contribution in [0.5, 0.6) is 0 Å². The molecule has 0 aliphatic heterocycles. The lowest BCUT2D eigenvalue weighted by Gasteiger charge is -2.12. The van der Waals surface area contributed by atoms with Crippen molar-refractivity contribution in [1.82, 2.24) is 4.98 Å². The van der Waals surface area contributed by atoms with Gasteiger partial charge < -0.3 is 4.55 Å². The van der Waals surface area contributed by atoms with Crippen molar-refractivity contribution in [2.24, 2.45) is 0 Å². The number of nitrogens with zero attached hydrogens (tertiary/aromatic N) is 1. The Morgan fingerprint density at radius 3 is 2.36 bits per heavy atom. The predicted molar refractivity (Wildman–Crippen MR) is 92.4 cm³/mol. The van der Waals surface area contributed by atoms with E-state index >= 15 is 0 Å². The first-order chi connectivity index (χ1) is 12.0. The second kappa shape index (κ2) is 7.21. The van der Waals surface area contributed by atoms with E-state index in [0.717, 1.165) is 0 Å². The molecule has 3 rings (SSSR count). The Hall–Kier alpha value is -2.44. The number of aromatic nitrogens is 1. The van der Waals surface area contributed by atoms with Crippen molar-refractivity contribution in [3.8, 4) is 22.3 Å². The lowest BCUT2D eigenvalue weighted by atomic mass is 9.95. The number of pyridine rings is 1. The Balaban J connectivity index is 2.08. The minimum atomic E-state index is -2.36. The molecule has 3 aromatic rings. The topological polar surface area (TPSA) is 53.0 Å². The Morgan fingerprint density at radius 2 is 1.68 bits per heavy atom. The number of aryl methyl sites for hydroxylation is 1. The summed E-state index contributed by atoms with van der Waals surface area (Å²) in [6.07, 6.45) is 3.16. The van der Waals surface area contributed by atoms with Crippen LogP contribution in [0, 0.1) is 18.6 Å². The fourth-order valence-electron chi connectivity index (χ4n) is 2.60. The molecular weight excluding hydrogens is 344 g/mol. The fourth-order valence-corrected chi connectivity index (χ4v) is 3.08. The highest BCUT2D eigenvalue weighted by molar-refractivity contribution is 7.78. The van der Waals surface area contributed by atoms with Crippen molar-refractivity contribution in [1.29, 1.82) is 0 Å². The zero-order valence-corrected chi connectivity index (χ0v) is 14.1. The van der Waals surface area contributed by atoms with Gasteiger partial charge in [0.1, 0.15) is 11.6 Å². The number of rotatable bonds is 4. The third-order valence-corrected chi connectivity index (χ3v) is 4.49. The monoisotopic (exact) mass is 358 g/mol. The maximum atomic E-state index is 14.2. The van der Waals surface area contributed by atoms with Gasteiger partial charge in [0.15, 0.2) is 0 Å². The molecule has 1 heterocycles. The molecule has 0 amide bonds. The lowest BCUT2D eigenvalue weighted by molar-refractivity contribution is 0.533. The van der Waals surface area contributed by atoms with Crippen LogP contribution in [0.25, 0.3) is 22.3 Å². The molecule has 0 aliphatic carbocycles. The van der Waals surface area contributed by atoms with Crippen molar-refractivity contribution >= 4 is 11.1 Å². The van der Waals surface area contributed by atoms with Crippen molar-refractivity contribution in [3.05, 3.63) is 77.6 Å². The molecule has 0 aliphatic rings. The predicted octanol–water partition coefficient (Wildman–Crippen LogP) is 4.38. The Bertz CT molecular complexity index is 960. The van der Waals surface area contributed by atoms with Gasteiger partial charge in [-0.2, -0.15) is 0 Å². The molecule has 1 atom stereocenters. The second-order valence-electron chi connectivity index (χ2n) is 5.64. The van der Waals surface area contributed by atoms with E-state index < -0.39 is 16.9 Å². The van der Waals surface area contributed by atoms with E-state index in [1.807, 2.05) is 0 Å². The molecule has 2 aromatic carbocycles. The van der Waals surface area contributed by atoms with Crippen LogP contribution in [0.15, 0.2) is 54.9 Å². The van der Waals surface area contributed by atoms with Gasteiger partial charge in [0, 0.05) is 23.7 Å². The summed E-state index contributed by atoms with van der Waals surface area (Å²) in [4.78, 5) is 4.07. The average Bonchev–Trinajstić information content (AvgIpc) is 2.59. The average molecular weight is 358 g/mol. The van der Waals surface area contributed by atoms with Gasteiger partial charge in [-0.1, -0.05) is 35.3 Å². The van der Waals surface area contributed by atoms with Crippen LogP contribution in [0.3, 0.4) is 0 Å². The molecule has 0 radical (unpaired) electrons. The smallest absolute Gasteiger partial charge is 0.127 e. The van der Waals surface area contributed by atoms with Crippen molar-refractivity contribution in [3.63, 3.8) is 0 Å². The first-order valence-corrected chi connectivity index (χ1v) is 8.75. The SMILES string of the molecule is Cc1ccc(-c2ccncc2-c2ccc(CS(=O)[O-])c(F)c2)cc1F. The Labute approximate surface area is 146 Å². The lowest BCUT2D eigenvalue weighted by Crippen LogP contribution is -1.97. The summed E-state index contributed by atoms with van der Waals surface area (Å²) in [7, 11) is 0. The van der Waals surface area contributed by atoms with E-state index in [1.165, 1.54) is 18.2 Å². The van der Waals surface area contributed by atoms with Crippen LogP contribution in [-0.4, -0.2) is 13.7 Å². The number of halogens is 2. The molecule has 25 heavy (non-hydrogen) atoms. The van der Waals surface area contributed by atoms with Gasteiger partial charge in [0.05, 0.1) is 0 Å². The fraction of sp³-hybridized carbons (Fsp3) is 0.105. The minimum absolute atomic E-state index is 0.101. The quantitative estimate of drug-likeness (QED) is 0.650. The van der Waals surface area contributed by atoms with E-state index in [2.05, 4.69) is 4.98 Å². The molecule has 0 saturated heterocycles. The molecule has 128 valence electrons. The maximum Gasteiger partial charge on any atom is 0.127 e. The van der Waals surface area contributed by atoms with Crippen LogP contribution in [0.2, 0.25) is 0 Å². The maximum absolute atomic E-state index is 14.2. The van der Waals surface area contributed by atoms with Gasteiger partial charge in [-0.15, -0.1) is 0 Å². The molecule has 3 nitrogen and oxygen atoms in total. The third kappa shape index (κ3) is 3.81. The first-order valence-electron chi connectivity index (χ1n) is 7.51. The van der Waals surface area contributed by atoms with Crippen LogP contribution < -0.4 is 0 Å². The highest BCUT2D eigenvalue weighted by Gasteiger charge is 2.12. The van der Waals surface area contributed by atoms with E-state index in [9.17, 15) is 17.5 Å². The third-order valence-electron chi connectivity index (χ3n) is 3.94. The zero-order chi connectivity index (χ0) is 18.0. The van der Waals surface area contributed by atoms with Crippen LogP contribution in [0.4, 0.5) is 8.78 Å². The molecular formula is C19H14F2NO2S-. The highest BCUT2D eigenvalue weighted by Crippen LogP contribution is 2.33. The van der Waals surface area contributed by atoms with Crippen molar-refractivity contribution < 1.29 is 17.5 Å². The van der Waals surface area contributed by atoms with Gasteiger partial charge in [-0.25, -0.2) is 8.78 Å². The largest absolute Gasteiger partial charge is 0.772 e. The molecule has 0 saturated carbocycles. The zero-order valence-electron chi connectivity index (χ0n) is 13.3. The van der Waals surface area contributed by atoms with Gasteiger partial charge in [-0.3, -0.25) is 9.19 Å². The second-order valence-corrected chi connectivity index (χ2v) is 6.54. The molecule has 1 unspecified atom stereocenters. The van der Waals surface area contributed by atoms with Crippen molar-refractivity contribution in [2.45, 2.75) is 12.7 Å². The van der Waals surface area contributed by atoms with Crippen molar-refractivity contribution in [2.75, 3.05) is 0 Å². The molecule has 0 bridgehead atoms. The number of benzene rings is 2. The highest BCUT2D eigenvalue weighted by atomic mass is 32.2. The van der Waals surface area contributed by atoms with E-state index in [4.69, 9.17) is 0 Å². The summed E-state index contributed by atoms with van der Waals surface area (Å²) in [5.74, 6) is -1.30. The van der Waals surface area contributed by atoms with Gasteiger partial charge in [0.2, 0.25) is 0 Å². The molecule has 0 N–H and O–H groups in total. The van der Waals surface area contributed by atoms with Crippen LogP contribution in [-0.2, 0) is 16.8 Å².